The van der Waals surface area contributed by atoms with Gasteiger partial charge in [-0.25, -0.2) is 4.98 Å². The van der Waals surface area contributed by atoms with Gasteiger partial charge in [0.05, 0.1) is 16.3 Å². The molecule has 0 radical (unpaired) electrons. The van der Waals surface area contributed by atoms with Crippen molar-refractivity contribution >= 4 is 33.2 Å². The number of carboxylic acids is 1. The Bertz CT molecular complexity index is 311. The number of halogens is 1. The van der Waals surface area contributed by atoms with Gasteiger partial charge in [0.25, 0.3) is 0 Å². The molecule has 13 heavy (non-hydrogen) atoms. The van der Waals surface area contributed by atoms with Crippen molar-refractivity contribution in [1.29, 1.82) is 0 Å². The molecule has 1 N–H and O–H groups in total. The van der Waals surface area contributed by atoms with Crippen LogP contribution in [0.3, 0.4) is 0 Å². The minimum absolute atomic E-state index is 0.0575. The molecule has 5 heteroatoms. The fourth-order valence-electron chi connectivity index (χ4n) is 0.946. The van der Waals surface area contributed by atoms with Crippen LogP contribution in [0.5, 0.6) is 0 Å². The first-order valence-electron chi connectivity index (χ1n) is 3.99. The summed E-state index contributed by atoms with van der Waals surface area (Å²) >= 11 is 4.73. The van der Waals surface area contributed by atoms with Crippen LogP contribution in [0, 0.1) is 0 Å². The molecule has 1 aromatic rings. The highest BCUT2D eigenvalue weighted by Gasteiger charge is 2.11. The van der Waals surface area contributed by atoms with E-state index in [9.17, 15) is 4.79 Å². The summed E-state index contributed by atoms with van der Waals surface area (Å²) in [6.07, 6.45) is 2.01. The van der Waals surface area contributed by atoms with Crippen LogP contribution in [0.15, 0.2) is 4.60 Å². The second-order valence-electron chi connectivity index (χ2n) is 2.64. The fraction of sp³-hybridized carbons (Fsp3) is 0.500. The quantitative estimate of drug-likeness (QED) is 0.908. The van der Waals surface area contributed by atoms with Crippen molar-refractivity contribution < 1.29 is 9.90 Å². The first kappa shape index (κ1) is 10.7. The number of aromatic nitrogens is 1. The van der Waals surface area contributed by atoms with Crippen molar-refractivity contribution in [2.24, 2.45) is 0 Å². The normalized spacial score (nSPS) is 10.3. The SMILES string of the molecule is CCCc1nc(Br)c(CC(=O)O)s1. The van der Waals surface area contributed by atoms with E-state index in [4.69, 9.17) is 5.11 Å². The lowest BCUT2D eigenvalue weighted by atomic mass is 10.3. The van der Waals surface area contributed by atoms with Gasteiger partial charge in [0.1, 0.15) is 4.60 Å². The Balaban J connectivity index is 2.77. The van der Waals surface area contributed by atoms with Crippen molar-refractivity contribution in [3.63, 3.8) is 0 Å². The lowest BCUT2D eigenvalue weighted by Gasteiger charge is -1.88. The van der Waals surface area contributed by atoms with Gasteiger partial charge in [-0.3, -0.25) is 4.79 Å². The Morgan fingerprint density at radius 1 is 1.69 bits per heavy atom. The number of hydrogen-bond acceptors (Lipinski definition) is 3. The number of thiazole rings is 1. The molecule has 0 saturated carbocycles. The lowest BCUT2D eigenvalue weighted by Crippen LogP contribution is -1.98. The van der Waals surface area contributed by atoms with Crippen LogP contribution in [-0.2, 0) is 17.6 Å². The Morgan fingerprint density at radius 3 is 2.92 bits per heavy atom. The standard InChI is InChI=1S/C8H10BrNO2S/c1-2-3-6-10-8(9)5(13-6)4-7(11)12/h2-4H2,1H3,(H,11,12). The zero-order valence-corrected chi connectivity index (χ0v) is 9.61. The van der Waals surface area contributed by atoms with Gasteiger partial charge in [0.2, 0.25) is 0 Å². The third kappa shape index (κ3) is 3.08. The van der Waals surface area contributed by atoms with Crippen molar-refractivity contribution in [3.05, 3.63) is 14.5 Å². The second kappa shape index (κ2) is 4.72. The molecule has 0 saturated heterocycles. The average Bonchev–Trinajstić information content (AvgIpc) is 2.31. The van der Waals surface area contributed by atoms with Crippen molar-refractivity contribution in [3.8, 4) is 0 Å². The Hall–Kier alpha value is -0.420. The van der Waals surface area contributed by atoms with E-state index in [1.54, 1.807) is 0 Å². The minimum atomic E-state index is -0.813. The molecule has 72 valence electrons. The van der Waals surface area contributed by atoms with Crippen molar-refractivity contribution in [2.75, 3.05) is 0 Å². The highest BCUT2D eigenvalue weighted by Crippen LogP contribution is 2.24. The van der Waals surface area contributed by atoms with E-state index in [0.717, 1.165) is 22.7 Å². The van der Waals surface area contributed by atoms with Crippen molar-refractivity contribution in [1.82, 2.24) is 4.98 Å². The molecule has 3 nitrogen and oxygen atoms in total. The molecule has 0 spiro atoms. The van der Waals surface area contributed by atoms with Crippen LogP contribution >= 0.6 is 27.3 Å². The molecule has 0 aromatic carbocycles. The summed E-state index contributed by atoms with van der Waals surface area (Å²) in [5.41, 5.74) is 0. The first-order chi connectivity index (χ1) is 6.13. The topological polar surface area (TPSA) is 50.2 Å². The molecule has 1 rings (SSSR count). The van der Waals surface area contributed by atoms with Crippen LogP contribution < -0.4 is 0 Å². The van der Waals surface area contributed by atoms with E-state index in [0.29, 0.717) is 4.60 Å². The number of aliphatic carboxylic acids is 1. The second-order valence-corrected chi connectivity index (χ2v) is 4.56. The van der Waals surface area contributed by atoms with E-state index in [1.807, 2.05) is 0 Å². The molecule has 0 fully saturated rings. The lowest BCUT2D eigenvalue weighted by molar-refractivity contribution is -0.136. The molecular weight excluding hydrogens is 254 g/mol. The zero-order chi connectivity index (χ0) is 9.84. The highest BCUT2D eigenvalue weighted by molar-refractivity contribution is 9.10. The summed E-state index contributed by atoms with van der Waals surface area (Å²) < 4.78 is 0.684. The number of carbonyl (C=O) groups is 1. The summed E-state index contributed by atoms with van der Waals surface area (Å²) in [5.74, 6) is -0.813. The molecule has 1 aromatic heterocycles. The van der Waals surface area contributed by atoms with E-state index in [-0.39, 0.29) is 6.42 Å². The number of carboxylic acid groups (broad SMARTS) is 1. The molecule has 0 aliphatic heterocycles. The number of aryl methyl sites for hydroxylation is 1. The van der Waals surface area contributed by atoms with E-state index >= 15 is 0 Å². The van der Waals surface area contributed by atoms with E-state index < -0.39 is 5.97 Å². The smallest absolute Gasteiger partial charge is 0.308 e. The zero-order valence-electron chi connectivity index (χ0n) is 7.21. The number of hydrogen-bond donors (Lipinski definition) is 1. The molecule has 1 heterocycles. The van der Waals surface area contributed by atoms with Crippen molar-refractivity contribution in [2.45, 2.75) is 26.2 Å². The van der Waals surface area contributed by atoms with Gasteiger partial charge in [0, 0.05) is 0 Å². The minimum Gasteiger partial charge on any atom is -0.481 e. The summed E-state index contributed by atoms with van der Waals surface area (Å²) in [5, 5.41) is 9.59. The maximum absolute atomic E-state index is 10.4. The van der Waals surface area contributed by atoms with Crippen LogP contribution in [0.25, 0.3) is 0 Å². The molecule has 0 atom stereocenters. The highest BCUT2D eigenvalue weighted by atomic mass is 79.9. The molecular formula is C8H10BrNO2S. The molecule has 0 amide bonds. The third-order valence-electron chi connectivity index (χ3n) is 1.47. The summed E-state index contributed by atoms with van der Waals surface area (Å²) in [6, 6.07) is 0. The van der Waals surface area contributed by atoms with Gasteiger partial charge in [-0.05, 0) is 28.8 Å². The molecule has 0 unspecified atom stereocenters. The Labute approximate surface area is 88.9 Å². The summed E-state index contributed by atoms with van der Waals surface area (Å²) in [4.78, 5) is 15.5. The summed E-state index contributed by atoms with van der Waals surface area (Å²) in [7, 11) is 0. The van der Waals surface area contributed by atoms with Gasteiger partial charge < -0.3 is 5.11 Å². The predicted octanol–water partition coefficient (Wildman–Crippen LogP) is 2.49. The predicted molar refractivity (Wildman–Crippen MR) is 55.1 cm³/mol. The third-order valence-corrected chi connectivity index (χ3v) is 3.50. The maximum atomic E-state index is 10.4. The summed E-state index contributed by atoms with van der Waals surface area (Å²) in [6.45, 7) is 2.08. The largest absolute Gasteiger partial charge is 0.481 e. The monoisotopic (exact) mass is 263 g/mol. The molecule has 0 aliphatic carbocycles. The fourth-order valence-corrected chi connectivity index (χ4v) is 2.71. The van der Waals surface area contributed by atoms with E-state index in [2.05, 4.69) is 27.8 Å². The maximum Gasteiger partial charge on any atom is 0.308 e. The van der Waals surface area contributed by atoms with Crippen LogP contribution in [0.1, 0.15) is 23.2 Å². The van der Waals surface area contributed by atoms with Crippen LogP contribution in [0.2, 0.25) is 0 Å². The van der Waals surface area contributed by atoms with Gasteiger partial charge in [0.15, 0.2) is 0 Å². The number of nitrogens with zero attached hydrogens (tertiary/aromatic N) is 1. The first-order valence-corrected chi connectivity index (χ1v) is 5.60. The average molecular weight is 264 g/mol. The molecule has 0 bridgehead atoms. The molecule has 0 aliphatic rings. The van der Waals surface area contributed by atoms with E-state index in [1.165, 1.54) is 11.3 Å². The number of rotatable bonds is 4. The van der Waals surface area contributed by atoms with Crippen LogP contribution in [0.4, 0.5) is 0 Å². The van der Waals surface area contributed by atoms with Gasteiger partial charge in [-0.15, -0.1) is 11.3 Å². The van der Waals surface area contributed by atoms with Gasteiger partial charge in [-0.1, -0.05) is 6.92 Å². The Kier molecular flexibility index (Phi) is 3.87. The van der Waals surface area contributed by atoms with Gasteiger partial charge >= 0.3 is 5.97 Å². The Morgan fingerprint density at radius 2 is 2.38 bits per heavy atom. The van der Waals surface area contributed by atoms with Gasteiger partial charge in [-0.2, -0.15) is 0 Å². The van der Waals surface area contributed by atoms with Crippen LogP contribution in [-0.4, -0.2) is 16.1 Å².